The molecule has 0 fully saturated rings. The van der Waals surface area contributed by atoms with Gasteiger partial charge in [0, 0.05) is 22.8 Å². The fourth-order valence-corrected chi connectivity index (χ4v) is 1.58. The molecule has 0 aliphatic rings. The van der Waals surface area contributed by atoms with Gasteiger partial charge in [-0.2, -0.15) is 0 Å². The maximum absolute atomic E-state index is 4.40. The molecule has 13 heavy (non-hydrogen) atoms. The van der Waals surface area contributed by atoms with Gasteiger partial charge in [-0.1, -0.05) is 15.9 Å². The first-order valence-electron chi connectivity index (χ1n) is 4.15. The van der Waals surface area contributed by atoms with Crippen LogP contribution in [0.1, 0.15) is 17.1 Å². The lowest BCUT2D eigenvalue weighted by Crippen LogP contribution is -2.14. The van der Waals surface area contributed by atoms with E-state index in [-0.39, 0.29) is 0 Å². The zero-order chi connectivity index (χ0) is 9.84. The number of hydrogen-bond acceptors (Lipinski definition) is 3. The van der Waals surface area contributed by atoms with E-state index in [1.165, 1.54) is 0 Å². The van der Waals surface area contributed by atoms with Crippen LogP contribution in [0.4, 0.5) is 0 Å². The second kappa shape index (κ2) is 4.67. The molecule has 0 N–H and O–H groups in total. The van der Waals surface area contributed by atoms with Crippen LogP contribution in [-0.4, -0.2) is 29.0 Å². The van der Waals surface area contributed by atoms with Crippen molar-refractivity contribution in [2.45, 2.75) is 18.8 Å². The highest BCUT2D eigenvalue weighted by Crippen LogP contribution is 2.08. The van der Waals surface area contributed by atoms with E-state index < -0.39 is 0 Å². The van der Waals surface area contributed by atoms with Gasteiger partial charge >= 0.3 is 0 Å². The standard InChI is InChI=1S/C9H14BrN3/c1-7-8(4-10)5-11-9(12-7)6-13(2)3/h5H,4,6H2,1-3H3. The Labute approximate surface area is 87.3 Å². The van der Waals surface area contributed by atoms with Gasteiger partial charge in [0.1, 0.15) is 5.82 Å². The van der Waals surface area contributed by atoms with Gasteiger partial charge in [-0.3, -0.25) is 0 Å². The number of nitrogens with zero attached hydrogens (tertiary/aromatic N) is 3. The average Bonchev–Trinajstić information content (AvgIpc) is 2.03. The van der Waals surface area contributed by atoms with Crippen LogP contribution in [0.5, 0.6) is 0 Å². The van der Waals surface area contributed by atoms with E-state index in [9.17, 15) is 0 Å². The van der Waals surface area contributed by atoms with Crippen LogP contribution in [0.25, 0.3) is 0 Å². The normalized spacial score (nSPS) is 10.8. The summed E-state index contributed by atoms with van der Waals surface area (Å²) in [4.78, 5) is 10.7. The fraction of sp³-hybridized carbons (Fsp3) is 0.556. The molecule has 72 valence electrons. The summed E-state index contributed by atoms with van der Waals surface area (Å²) in [7, 11) is 4.02. The van der Waals surface area contributed by atoms with Gasteiger partial charge in [-0.25, -0.2) is 9.97 Å². The second-order valence-electron chi connectivity index (χ2n) is 3.27. The quantitative estimate of drug-likeness (QED) is 0.758. The molecule has 0 amide bonds. The molecule has 1 heterocycles. The minimum absolute atomic E-state index is 0.795. The Morgan fingerprint density at radius 1 is 1.46 bits per heavy atom. The van der Waals surface area contributed by atoms with Crippen LogP contribution < -0.4 is 0 Å². The lowest BCUT2D eigenvalue weighted by Gasteiger charge is -2.09. The summed E-state index contributed by atoms with van der Waals surface area (Å²) in [6.45, 7) is 2.81. The molecular formula is C9H14BrN3. The highest BCUT2D eigenvalue weighted by Gasteiger charge is 2.02. The van der Waals surface area contributed by atoms with Crippen molar-refractivity contribution in [1.82, 2.24) is 14.9 Å². The van der Waals surface area contributed by atoms with E-state index in [0.717, 1.165) is 29.0 Å². The molecule has 0 aliphatic heterocycles. The largest absolute Gasteiger partial charge is 0.302 e. The highest BCUT2D eigenvalue weighted by molar-refractivity contribution is 9.08. The van der Waals surface area contributed by atoms with Gasteiger partial charge in [-0.15, -0.1) is 0 Å². The minimum atomic E-state index is 0.795. The minimum Gasteiger partial charge on any atom is -0.302 e. The van der Waals surface area contributed by atoms with Gasteiger partial charge < -0.3 is 4.90 Å². The van der Waals surface area contributed by atoms with Crippen molar-refractivity contribution >= 4 is 15.9 Å². The van der Waals surface area contributed by atoms with Crippen LogP contribution in [0.15, 0.2) is 6.20 Å². The molecule has 1 aromatic rings. The van der Waals surface area contributed by atoms with Crippen LogP contribution in [0.3, 0.4) is 0 Å². The lowest BCUT2D eigenvalue weighted by molar-refractivity contribution is 0.389. The summed E-state index contributed by atoms with van der Waals surface area (Å²) in [6, 6.07) is 0. The number of rotatable bonds is 3. The SMILES string of the molecule is Cc1nc(CN(C)C)ncc1CBr. The molecule has 0 aromatic carbocycles. The van der Waals surface area contributed by atoms with Gasteiger partial charge in [0.15, 0.2) is 0 Å². The number of alkyl halides is 1. The number of halogens is 1. The Hall–Kier alpha value is -0.480. The topological polar surface area (TPSA) is 29.0 Å². The highest BCUT2D eigenvalue weighted by atomic mass is 79.9. The third kappa shape index (κ3) is 3.04. The predicted octanol–water partition coefficient (Wildman–Crippen LogP) is 1.74. The lowest BCUT2D eigenvalue weighted by atomic mass is 10.3. The second-order valence-corrected chi connectivity index (χ2v) is 3.83. The van der Waals surface area contributed by atoms with E-state index >= 15 is 0 Å². The smallest absolute Gasteiger partial charge is 0.142 e. The van der Waals surface area contributed by atoms with Gasteiger partial charge in [0.25, 0.3) is 0 Å². The Kier molecular flexibility index (Phi) is 3.81. The van der Waals surface area contributed by atoms with Gasteiger partial charge in [0.05, 0.1) is 6.54 Å². The van der Waals surface area contributed by atoms with Crippen molar-refractivity contribution in [3.63, 3.8) is 0 Å². The summed E-state index contributed by atoms with van der Waals surface area (Å²) < 4.78 is 0. The van der Waals surface area contributed by atoms with Crippen molar-refractivity contribution < 1.29 is 0 Å². The molecule has 0 saturated carbocycles. The van der Waals surface area contributed by atoms with Crippen molar-refractivity contribution in [3.05, 3.63) is 23.3 Å². The molecule has 3 nitrogen and oxygen atoms in total. The molecule has 0 aliphatic carbocycles. The van der Waals surface area contributed by atoms with E-state index in [1.807, 2.05) is 27.2 Å². The van der Waals surface area contributed by atoms with Crippen LogP contribution in [0, 0.1) is 6.92 Å². The monoisotopic (exact) mass is 243 g/mol. The molecule has 0 saturated heterocycles. The zero-order valence-corrected chi connectivity index (χ0v) is 9.80. The first-order valence-corrected chi connectivity index (χ1v) is 5.27. The van der Waals surface area contributed by atoms with Crippen molar-refractivity contribution in [3.8, 4) is 0 Å². The predicted molar refractivity (Wildman–Crippen MR) is 56.8 cm³/mol. The molecule has 0 spiro atoms. The van der Waals surface area contributed by atoms with Gasteiger partial charge in [-0.05, 0) is 21.0 Å². The molecule has 1 rings (SSSR count). The van der Waals surface area contributed by atoms with Crippen molar-refractivity contribution in [1.29, 1.82) is 0 Å². The molecule has 0 atom stereocenters. The Morgan fingerprint density at radius 3 is 2.62 bits per heavy atom. The third-order valence-electron chi connectivity index (χ3n) is 1.73. The maximum Gasteiger partial charge on any atom is 0.142 e. The fourth-order valence-electron chi connectivity index (χ4n) is 1.03. The van der Waals surface area contributed by atoms with E-state index in [1.54, 1.807) is 0 Å². The molecule has 4 heteroatoms. The van der Waals surface area contributed by atoms with Crippen LogP contribution in [0.2, 0.25) is 0 Å². The molecule has 0 radical (unpaired) electrons. The summed E-state index contributed by atoms with van der Waals surface area (Å²) >= 11 is 3.39. The van der Waals surface area contributed by atoms with E-state index in [2.05, 4.69) is 30.8 Å². The maximum atomic E-state index is 4.40. The first kappa shape index (κ1) is 10.6. The summed E-state index contributed by atoms with van der Waals surface area (Å²) in [5, 5.41) is 0.821. The Balaban J connectivity index is 2.83. The Bertz CT molecular complexity index is 286. The van der Waals surface area contributed by atoms with E-state index in [4.69, 9.17) is 0 Å². The number of aromatic nitrogens is 2. The third-order valence-corrected chi connectivity index (χ3v) is 2.34. The number of aryl methyl sites for hydroxylation is 1. The van der Waals surface area contributed by atoms with Crippen LogP contribution >= 0.6 is 15.9 Å². The van der Waals surface area contributed by atoms with E-state index in [0.29, 0.717) is 0 Å². The van der Waals surface area contributed by atoms with Crippen molar-refractivity contribution in [2.75, 3.05) is 14.1 Å². The first-order chi connectivity index (χ1) is 6.13. The summed E-state index contributed by atoms with van der Waals surface area (Å²) in [5.74, 6) is 0.882. The molecular weight excluding hydrogens is 230 g/mol. The molecule has 0 bridgehead atoms. The zero-order valence-electron chi connectivity index (χ0n) is 8.21. The molecule has 1 aromatic heterocycles. The van der Waals surface area contributed by atoms with Crippen LogP contribution in [-0.2, 0) is 11.9 Å². The Morgan fingerprint density at radius 2 is 2.15 bits per heavy atom. The summed E-state index contributed by atoms with van der Waals surface area (Å²) in [5.41, 5.74) is 2.21. The summed E-state index contributed by atoms with van der Waals surface area (Å²) in [6.07, 6.45) is 1.88. The average molecular weight is 244 g/mol. The van der Waals surface area contributed by atoms with Gasteiger partial charge in [0.2, 0.25) is 0 Å². The number of hydrogen-bond donors (Lipinski definition) is 0. The van der Waals surface area contributed by atoms with Crippen molar-refractivity contribution in [2.24, 2.45) is 0 Å². The molecule has 0 unspecified atom stereocenters.